The second-order valence-corrected chi connectivity index (χ2v) is 6.09. The molecule has 0 aliphatic heterocycles. The van der Waals surface area contributed by atoms with Crippen molar-refractivity contribution in [3.8, 4) is 0 Å². The van der Waals surface area contributed by atoms with E-state index >= 15 is 0 Å². The molecule has 1 unspecified atom stereocenters. The van der Waals surface area contributed by atoms with Crippen LogP contribution in [0.1, 0.15) is 32.2 Å². The average Bonchev–Trinajstić information content (AvgIpc) is 3.21. The van der Waals surface area contributed by atoms with Gasteiger partial charge in [0.2, 0.25) is 0 Å². The van der Waals surface area contributed by atoms with Crippen LogP contribution in [0, 0.1) is 0 Å². The van der Waals surface area contributed by atoms with Crippen LogP contribution in [0.15, 0.2) is 23.7 Å². The number of rotatable bonds is 8. The first-order valence-corrected chi connectivity index (χ1v) is 8.56. The molecule has 0 aliphatic carbocycles. The summed E-state index contributed by atoms with van der Waals surface area (Å²) < 4.78 is 3.68. The summed E-state index contributed by atoms with van der Waals surface area (Å²) in [6.45, 7) is 8.22. The molecule has 146 valence electrons. The lowest BCUT2D eigenvalue weighted by Crippen LogP contribution is -2.40. The Kier molecular flexibility index (Phi) is 8.99. The summed E-state index contributed by atoms with van der Waals surface area (Å²) in [7, 11) is 1.82. The highest BCUT2D eigenvalue weighted by molar-refractivity contribution is 14.0. The Morgan fingerprint density at radius 3 is 2.73 bits per heavy atom. The van der Waals surface area contributed by atoms with Gasteiger partial charge in [-0.3, -0.25) is 4.68 Å². The van der Waals surface area contributed by atoms with Gasteiger partial charge in [-0.25, -0.2) is 4.99 Å². The number of nitrogens with zero attached hydrogens (tertiary/aromatic N) is 6. The van der Waals surface area contributed by atoms with Gasteiger partial charge in [0, 0.05) is 44.9 Å². The quantitative estimate of drug-likeness (QED) is 0.294. The van der Waals surface area contributed by atoms with Gasteiger partial charge in [0.1, 0.15) is 17.8 Å². The molecule has 2 heterocycles. The van der Waals surface area contributed by atoms with Gasteiger partial charge < -0.3 is 20.3 Å². The molecule has 0 spiro atoms. The molecule has 26 heavy (non-hydrogen) atoms. The van der Waals surface area contributed by atoms with Crippen molar-refractivity contribution in [1.29, 1.82) is 0 Å². The maximum atomic E-state index is 10.6. The number of hydrogen-bond acceptors (Lipinski definition) is 5. The van der Waals surface area contributed by atoms with E-state index in [0.717, 1.165) is 30.9 Å². The van der Waals surface area contributed by atoms with Crippen LogP contribution in [0.2, 0.25) is 0 Å². The van der Waals surface area contributed by atoms with Gasteiger partial charge >= 0.3 is 0 Å². The van der Waals surface area contributed by atoms with Crippen molar-refractivity contribution in [1.82, 2.24) is 35.2 Å². The lowest BCUT2D eigenvalue weighted by Gasteiger charge is -2.20. The van der Waals surface area contributed by atoms with Gasteiger partial charge in [-0.1, -0.05) is 6.92 Å². The second kappa shape index (κ2) is 10.5. The standard InChI is InChI=1S/C16H28N8O.HI/c1-5-14-22-20-12-24(14)8-7-18-15(17-6-2)19-11-16(3,25)13-9-21-23(4)10-13;/h9-10,12,25H,5-8,11H2,1-4H3,(H2,17,18,19);1H. The van der Waals surface area contributed by atoms with E-state index in [1.807, 2.05) is 18.5 Å². The third-order valence-corrected chi connectivity index (χ3v) is 3.87. The molecule has 0 saturated heterocycles. The van der Waals surface area contributed by atoms with E-state index in [4.69, 9.17) is 0 Å². The largest absolute Gasteiger partial charge is 0.383 e. The monoisotopic (exact) mass is 476 g/mol. The van der Waals surface area contributed by atoms with Gasteiger partial charge in [0.05, 0.1) is 12.7 Å². The second-order valence-electron chi connectivity index (χ2n) is 6.09. The fourth-order valence-corrected chi connectivity index (χ4v) is 2.40. The SMILES string of the molecule is CCNC(=NCC(C)(O)c1cnn(C)c1)NCCn1cnnc1CC.I. The highest BCUT2D eigenvalue weighted by atomic mass is 127. The highest BCUT2D eigenvalue weighted by Gasteiger charge is 2.24. The van der Waals surface area contributed by atoms with E-state index in [1.165, 1.54) is 0 Å². The summed E-state index contributed by atoms with van der Waals surface area (Å²) in [4.78, 5) is 4.50. The van der Waals surface area contributed by atoms with E-state index in [1.54, 1.807) is 30.3 Å². The maximum absolute atomic E-state index is 10.6. The molecular formula is C16H29IN8O. The van der Waals surface area contributed by atoms with E-state index < -0.39 is 5.60 Å². The minimum atomic E-state index is -1.07. The summed E-state index contributed by atoms with van der Waals surface area (Å²) in [5.74, 6) is 1.63. The molecule has 2 aromatic rings. The number of aromatic nitrogens is 5. The maximum Gasteiger partial charge on any atom is 0.191 e. The predicted molar refractivity (Wildman–Crippen MR) is 112 cm³/mol. The molecule has 0 aliphatic rings. The van der Waals surface area contributed by atoms with Crippen molar-refractivity contribution in [2.24, 2.45) is 12.0 Å². The van der Waals surface area contributed by atoms with Crippen molar-refractivity contribution >= 4 is 29.9 Å². The van der Waals surface area contributed by atoms with Crippen LogP contribution in [0.5, 0.6) is 0 Å². The number of aliphatic hydroxyl groups is 1. The number of aryl methyl sites for hydroxylation is 2. The van der Waals surface area contributed by atoms with E-state index in [-0.39, 0.29) is 30.5 Å². The minimum absolute atomic E-state index is 0. The molecule has 10 heteroatoms. The van der Waals surface area contributed by atoms with Crippen LogP contribution in [0.3, 0.4) is 0 Å². The first-order chi connectivity index (χ1) is 12.0. The van der Waals surface area contributed by atoms with Crippen LogP contribution in [-0.4, -0.2) is 55.2 Å². The first-order valence-electron chi connectivity index (χ1n) is 8.56. The molecule has 0 fully saturated rings. The van der Waals surface area contributed by atoms with Crippen molar-refractivity contribution in [2.75, 3.05) is 19.6 Å². The van der Waals surface area contributed by atoms with Gasteiger partial charge in [0.15, 0.2) is 5.96 Å². The number of aliphatic imine (C=N–C) groups is 1. The molecule has 2 aromatic heterocycles. The highest BCUT2D eigenvalue weighted by Crippen LogP contribution is 2.19. The zero-order chi connectivity index (χ0) is 18.3. The molecule has 0 amide bonds. The lowest BCUT2D eigenvalue weighted by molar-refractivity contribution is 0.0672. The van der Waals surface area contributed by atoms with Gasteiger partial charge in [-0.05, 0) is 13.8 Å². The molecule has 0 bridgehead atoms. The molecular weight excluding hydrogens is 447 g/mol. The summed E-state index contributed by atoms with van der Waals surface area (Å²) >= 11 is 0. The third-order valence-electron chi connectivity index (χ3n) is 3.87. The third kappa shape index (κ3) is 6.24. The predicted octanol–water partition coefficient (Wildman–Crippen LogP) is 0.655. The minimum Gasteiger partial charge on any atom is -0.383 e. The van der Waals surface area contributed by atoms with Crippen LogP contribution in [0.25, 0.3) is 0 Å². The number of halogens is 1. The van der Waals surface area contributed by atoms with E-state index in [0.29, 0.717) is 12.5 Å². The number of nitrogens with one attached hydrogen (secondary N) is 2. The van der Waals surface area contributed by atoms with Crippen molar-refractivity contribution in [3.05, 3.63) is 30.1 Å². The van der Waals surface area contributed by atoms with E-state index in [2.05, 4.69) is 37.8 Å². The van der Waals surface area contributed by atoms with Gasteiger partial charge in [0.25, 0.3) is 0 Å². The van der Waals surface area contributed by atoms with Crippen LogP contribution in [-0.2, 0) is 25.6 Å². The Labute approximate surface area is 171 Å². The molecule has 1 atom stereocenters. The summed E-state index contributed by atoms with van der Waals surface area (Å²) in [6, 6.07) is 0. The van der Waals surface area contributed by atoms with Gasteiger partial charge in [-0.15, -0.1) is 34.2 Å². The Bertz CT molecular complexity index is 694. The van der Waals surface area contributed by atoms with Crippen molar-refractivity contribution in [3.63, 3.8) is 0 Å². The molecule has 0 radical (unpaired) electrons. The zero-order valence-corrected chi connectivity index (χ0v) is 18.1. The molecule has 0 aromatic carbocycles. The topological polar surface area (TPSA) is 105 Å². The Morgan fingerprint density at radius 2 is 2.12 bits per heavy atom. The lowest BCUT2D eigenvalue weighted by atomic mass is 10.0. The normalized spacial score (nSPS) is 13.8. The van der Waals surface area contributed by atoms with Crippen molar-refractivity contribution < 1.29 is 5.11 Å². The van der Waals surface area contributed by atoms with E-state index in [9.17, 15) is 5.11 Å². The zero-order valence-electron chi connectivity index (χ0n) is 15.8. The van der Waals surface area contributed by atoms with Gasteiger partial charge in [-0.2, -0.15) is 5.10 Å². The smallest absolute Gasteiger partial charge is 0.191 e. The van der Waals surface area contributed by atoms with Crippen molar-refractivity contribution in [2.45, 2.75) is 39.3 Å². The summed E-state index contributed by atoms with van der Waals surface area (Å²) in [5.41, 5.74) is -0.327. The molecule has 3 N–H and O–H groups in total. The fraction of sp³-hybridized carbons (Fsp3) is 0.625. The van der Waals surface area contributed by atoms with Crippen LogP contribution in [0.4, 0.5) is 0 Å². The Hall–Kier alpha value is -1.69. The molecule has 9 nitrogen and oxygen atoms in total. The number of hydrogen-bond donors (Lipinski definition) is 3. The summed E-state index contributed by atoms with van der Waals surface area (Å²) in [6.07, 6.45) is 6.04. The van der Waals surface area contributed by atoms with Crippen LogP contribution >= 0.6 is 24.0 Å². The first kappa shape index (κ1) is 22.4. The Balaban J connectivity index is 0.00000338. The Morgan fingerprint density at radius 1 is 1.35 bits per heavy atom. The summed E-state index contributed by atoms with van der Waals surface area (Å²) in [5, 5.41) is 29.2. The molecule has 0 saturated carbocycles. The average molecular weight is 476 g/mol. The number of guanidine groups is 1. The fourth-order valence-electron chi connectivity index (χ4n) is 2.40. The molecule has 2 rings (SSSR count). The van der Waals surface area contributed by atoms with Crippen LogP contribution < -0.4 is 10.6 Å².